The van der Waals surface area contributed by atoms with Crippen LogP contribution in [0, 0.1) is 10.1 Å². The zero-order valence-electron chi connectivity index (χ0n) is 13.6. The lowest BCUT2D eigenvalue weighted by Crippen LogP contribution is -2.17. The number of nitrogens with zero attached hydrogens (tertiary/aromatic N) is 2. The molecule has 0 fully saturated rings. The number of nitro benzene ring substituents is 1. The Labute approximate surface area is 135 Å². The number of carbonyl (C=O) groups is 1. The molecule has 0 radical (unpaired) electrons. The summed E-state index contributed by atoms with van der Waals surface area (Å²) >= 11 is 0. The van der Waals surface area contributed by atoms with Crippen molar-refractivity contribution in [2.45, 2.75) is 33.6 Å². The van der Waals surface area contributed by atoms with E-state index in [2.05, 4.69) is 30.5 Å². The first-order valence-corrected chi connectivity index (χ1v) is 7.27. The molecule has 1 aromatic carbocycles. The molecule has 1 N–H and O–H groups in total. The summed E-state index contributed by atoms with van der Waals surface area (Å²) < 4.78 is 0. The van der Waals surface area contributed by atoms with Crippen LogP contribution in [-0.2, 0) is 0 Å². The van der Waals surface area contributed by atoms with Gasteiger partial charge in [-0.05, 0) is 45.8 Å². The second-order valence-electron chi connectivity index (χ2n) is 5.36. The molecule has 0 aliphatic heterocycles. The maximum Gasteiger partial charge on any atom is 0.271 e. The van der Waals surface area contributed by atoms with E-state index in [-0.39, 0.29) is 11.3 Å². The minimum Gasteiger partial charge on any atom is -0.267 e. The van der Waals surface area contributed by atoms with Gasteiger partial charge in [0.2, 0.25) is 0 Å². The Balaban J connectivity index is 2.54. The predicted molar refractivity (Wildman–Crippen MR) is 91.5 cm³/mol. The summed E-state index contributed by atoms with van der Waals surface area (Å²) in [4.78, 5) is 22.0. The van der Waals surface area contributed by atoms with E-state index in [1.807, 2.05) is 13.0 Å². The van der Waals surface area contributed by atoms with Gasteiger partial charge in [0.1, 0.15) is 0 Å². The van der Waals surface area contributed by atoms with E-state index in [1.165, 1.54) is 36.1 Å². The highest BCUT2D eigenvalue weighted by Crippen LogP contribution is 2.12. The van der Waals surface area contributed by atoms with Gasteiger partial charge in [0.15, 0.2) is 0 Å². The molecule has 0 aromatic heterocycles. The Morgan fingerprint density at radius 3 is 2.74 bits per heavy atom. The minimum absolute atomic E-state index is 0.128. The SMILES string of the molecule is CC(C)=CCC/C(C)=C/C=N/NC(=O)c1cccc([N+](=O)[O-])c1. The van der Waals surface area contributed by atoms with Crippen LogP contribution in [0.1, 0.15) is 44.0 Å². The van der Waals surface area contributed by atoms with Gasteiger partial charge in [-0.2, -0.15) is 5.10 Å². The van der Waals surface area contributed by atoms with Gasteiger partial charge < -0.3 is 0 Å². The van der Waals surface area contributed by atoms with Crippen molar-refractivity contribution in [1.29, 1.82) is 0 Å². The summed E-state index contributed by atoms with van der Waals surface area (Å²) in [5.41, 5.74) is 4.85. The zero-order valence-corrected chi connectivity index (χ0v) is 13.6. The van der Waals surface area contributed by atoms with Crippen LogP contribution in [0.25, 0.3) is 0 Å². The first-order chi connectivity index (χ1) is 10.9. The molecule has 122 valence electrons. The van der Waals surface area contributed by atoms with E-state index < -0.39 is 10.8 Å². The van der Waals surface area contributed by atoms with Gasteiger partial charge in [-0.25, -0.2) is 5.43 Å². The molecule has 6 nitrogen and oxygen atoms in total. The lowest BCUT2D eigenvalue weighted by Gasteiger charge is -1.99. The first-order valence-electron chi connectivity index (χ1n) is 7.27. The van der Waals surface area contributed by atoms with Crippen LogP contribution in [0.5, 0.6) is 0 Å². The highest BCUT2D eigenvalue weighted by atomic mass is 16.6. The molecule has 0 saturated heterocycles. The van der Waals surface area contributed by atoms with Crippen molar-refractivity contribution in [1.82, 2.24) is 5.43 Å². The number of hydrogen-bond acceptors (Lipinski definition) is 4. The second-order valence-corrected chi connectivity index (χ2v) is 5.36. The molecule has 1 aromatic rings. The monoisotopic (exact) mass is 315 g/mol. The van der Waals surface area contributed by atoms with Crippen LogP contribution >= 0.6 is 0 Å². The molecule has 0 aliphatic rings. The Morgan fingerprint density at radius 1 is 1.35 bits per heavy atom. The van der Waals surface area contributed by atoms with E-state index >= 15 is 0 Å². The number of allylic oxidation sites excluding steroid dienone is 4. The fraction of sp³-hybridized carbons (Fsp3) is 0.294. The van der Waals surface area contributed by atoms with Crippen LogP contribution in [0.4, 0.5) is 5.69 Å². The summed E-state index contributed by atoms with van der Waals surface area (Å²) in [6.45, 7) is 6.11. The Hall–Kier alpha value is -2.76. The van der Waals surface area contributed by atoms with Crippen molar-refractivity contribution in [3.8, 4) is 0 Å². The quantitative estimate of drug-likeness (QED) is 0.357. The van der Waals surface area contributed by atoms with Crippen molar-refractivity contribution in [2.75, 3.05) is 0 Å². The predicted octanol–water partition coefficient (Wildman–Crippen LogP) is 4.00. The van der Waals surface area contributed by atoms with Crippen molar-refractivity contribution < 1.29 is 9.72 Å². The topological polar surface area (TPSA) is 84.6 Å². The lowest BCUT2D eigenvalue weighted by atomic mass is 10.1. The van der Waals surface area contributed by atoms with Crippen LogP contribution in [0.3, 0.4) is 0 Å². The summed E-state index contributed by atoms with van der Waals surface area (Å²) in [5.74, 6) is -0.486. The molecule has 0 unspecified atom stereocenters. The van der Waals surface area contributed by atoms with E-state index in [9.17, 15) is 14.9 Å². The molecule has 0 aliphatic carbocycles. The molecule has 1 amide bonds. The first kappa shape index (κ1) is 18.3. The van der Waals surface area contributed by atoms with Crippen molar-refractivity contribution >= 4 is 17.8 Å². The lowest BCUT2D eigenvalue weighted by molar-refractivity contribution is -0.384. The molecule has 0 spiro atoms. The molecule has 0 saturated carbocycles. The molecule has 0 heterocycles. The molecule has 1 rings (SSSR count). The normalized spacial score (nSPS) is 11.3. The number of hydrazone groups is 1. The van der Waals surface area contributed by atoms with Crippen molar-refractivity contribution in [3.63, 3.8) is 0 Å². The van der Waals surface area contributed by atoms with Gasteiger partial charge in [0, 0.05) is 23.9 Å². The van der Waals surface area contributed by atoms with E-state index in [0.717, 1.165) is 18.4 Å². The smallest absolute Gasteiger partial charge is 0.267 e. The largest absolute Gasteiger partial charge is 0.271 e. The van der Waals surface area contributed by atoms with Crippen LogP contribution in [-0.4, -0.2) is 17.0 Å². The van der Waals surface area contributed by atoms with Gasteiger partial charge >= 0.3 is 0 Å². The third-order valence-electron chi connectivity index (χ3n) is 3.01. The number of nitro groups is 1. The molecule has 0 atom stereocenters. The van der Waals surface area contributed by atoms with Gasteiger partial charge in [-0.15, -0.1) is 0 Å². The van der Waals surface area contributed by atoms with Gasteiger partial charge in [-0.3, -0.25) is 14.9 Å². The average molecular weight is 315 g/mol. The molecule has 6 heteroatoms. The van der Waals surface area contributed by atoms with Crippen LogP contribution in [0.15, 0.2) is 52.7 Å². The standard InChI is InChI=1S/C17H21N3O3/c1-13(2)6-4-7-14(3)10-11-18-19-17(21)15-8-5-9-16(12-15)20(22)23/h5-6,8-12H,4,7H2,1-3H3,(H,19,21)/b14-10+,18-11+. The number of amides is 1. The maximum atomic E-state index is 11.8. The van der Waals surface area contributed by atoms with Gasteiger partial charge in [-0.1, -0.05) is 23.3 Å². The number of hydrogen-bond donors (Lipinski definition) is 1. The minimum atomic E-state index is -0.543. The zero-order chi connectivity index (χ0) is 17.2. The number of rotatable bonds is 7. The number of benzene rings is 1. The highest BCUT2D eigenvalue weighted by molar-refractivity contribution is 5.95. The average Bonchev–Trinajstić information content (AvgIpc) is 2.51. The van der Waals surface area contributed by atoms with Crippen molar-refractivity contribution in [2.24, 2.45) is 5.10 Å². The van der Waals surface area contributed by atoms with Crippen LogP contribution < -0.4 is 5.43 Å². The maximum absolute atomic E-state index is 11.8. The van der Waals surface area contributed by atoms with Crippen LogP contribution in [0.2, 0.25) is 0 Å². The Morgan fingerprint density at radius 2 is 2.09 bits per heavy atom. The summed E-state index contributed by atoms with van der Waals surface area (Å²) in [6, 6.07) is 5.51. The fourth-order valence-corrected chi connectivity index (χ4v) is 1.76. The second kappa shape index (κ2) is 9.30. The van der Waals surface area contributed by atoms with Gasteiger partial charge in [0.25, 0.3) is 11.6 Å². The van der Waals surface area contributed by atoms with E-state index in [4.69, 9.17) is 0 Å². The van der Waals surface area contributed by atoms with Crippen molar-refractivity contribution in [3.05, 3.63) is 63.2 Å². The Kier molecular flexibility index (Phi) is 7.39. The Bertz CT molecular complexity index is 657. The molecule has 23 heavy (non-hydrogen) atoms. The molecular weight excluding hydrogens is 294 g/mol. The summed E-state index contributed by atoms with van der Waals surface area (Å²) in [6.07, 6.45) is 7.40. The third kappa shape index (κ3) is 7.17. The summed E-state index contributed by atoms with van der Waals surface area (Å²) in [5, 5.41) is 14.5. The highest BCUT2D eigenvalue weighted by Gasteiger charge is 2.10. The number of carbonyl (C=O) groups excluding carboxylic acids is 1. The fourth-order valence-electron chi connectivity index (χ4n) is 1.76. The van der Waals surface area contributed by atoms with Gasteiger partial charge in [0.05, 0.1) is 4.92 Å². The molecular formula is C17H21N3O3. The summed E-state index contributed by atoms with van der Waals surface area (Å²) in [7, 11) is 0. The number of non-ortho nitro benzene ring substituents is 1. The van der Waals surface area contributed by atoms with E-state index in [0.29, 0.717) is 0 Å². The number of nitrogens with one attached hydrogen (secondary N) is 1. The molecule has 0 bridgehead atoms. The van der Waals surface area contributed by atoms with E-state index in [1.54, 1.807) is 0 Å². The third-order valence-corrected chi connectivity index (χ3v) is 3.01.